The van der Waals surface area contributed by atoms with Crippen LogP contribution < -0.4 is 4.57 Å². The van der Waals surface area contributed by atoms with E-state index in [1.807, 2.05) is 12.5 Å². The van der Waals surface area contributed by atoms with Crippen LogP contribution >= 0.6 is 7.81 Å². The van der Waals surface area contributed by atoms with Gasteiger partial charge >= 0.3 is 33.0 Å². The zero-order chi connectivity index (χ0) is 12.9. The van der Waals surface area contributed by atoms with Crippen molar-refractivity contribution in [2.75, 3.05) is 0 Å². The topological polar surface area (TPSA) is 19.7 Å². The monoisotopic (exact) mass is 270 g/mol. The first-order valence-corrected chi connectivity index (χ1v) is 6.49. The summed E-state index contributed by atoms with van der Waals surface area (Å²) in [6.45, 7) is 3.34. The van der Waals surface area contributed by atoms with Crippen LogP contribution in [0.4, 0.5) is 25.2 Å². The number of imidazole rings is 1. The SMILES string of the molecule is CCCC[n+]1cc[nH]c1.F[P-](F)(F)(F)(F)F. The van der Waals surface area contributed by atoms with E-state index in [1.54, 1.807) is 0 Å². The van der Waals surface area contributed by atoms with E-state index in [0.717, 1.165) is 6.54 Å². The molecule has 0 atom stereocenters. The number of H-pyrrole nitrogens is 1. The fourth-order valence-corrected chi connectivity index (χ4v) is 0.800. The molecule has 1 rings (SSSR count). The molecule has 0 radical (unpaired) electrons. The molecule has 0 unspecified atom stereocenters. The summed E-state index contributed by atoms with van der Waals surface area (Å²) in [4.78, 5) is 3.00. The molecule has 0 amide bonds. The zero-order valence-corrected chi connectivity index (χ0v) is 9.41. The first-order chi connectivity index (χ1) is 6.88. The van der Waals surface area contributed by atoms with Gasteiger partial charge in [0.2, 0.25) is 6.33 Å². The van der Waals surface area contributed by atoms with Gasteiger partial charge in [0.05, 0.1) is 6.54 Å². The van der Waals surface area contributed by atoms with E-state index in [-0.39, 0.29) is 0 Å². The summed E-state index contributed by atoms with van der Waals surface area (Å²) in [5, 5.41) is 0. The molecule has 0 saturated carbocycles. The average Bonchev–Trinajstić information content (AvgIpc) is 2.46. The summed E-state index contributed by atoms with van der Waals surface area (Å²) in [6, 6.07) is 0. The summed E-state index contributed by atoms with van der Waals surface area (Å²) < 4.78 is 61.4. The molecule has 0 aliphatic heterocycles. The molecule has 0 aromatic carbocycles. The van der Waals surface area contributed by atoms with Gasteiger partial charge in [-0.25, -0.2) is 4.57 Å². The number of unbranched alkanes of at least 4 members (excludes halogenated alkanes) is 1. The second kappa shape index (κ2) is 4.24. The molecule has 0 spiro atoms. The Bertz CT molecular complexity index is 290. The molecular formula is C7H13F6N2P. The number of aromatic amines is 1. The first kappa shape index (κ1) is 15.2. The van der Waals surface area contributed by atoms with Crippen LogP contribution in [-0.4, -0.2) is 4.98 Å². The van der Waals surface area contributed by atoms with Gasteiger partial charge in [0, 0.05) is 0 Å². The van der Waals surface area contributed by atoms with Crippen molar-refractivity contribution < 1.29 is 29.7 Å². The molecule has 16 heavy (non-hydrogen) atoms. The van der Waals surface area contributed by atoms with Crippen molar-refractivity contribution in [2.24, 2.45) is 0 Å². The van der Waals surface area contributed by atoms with E-state index in [2.05, 4.69) is 22.7 Å². The molecule has 0 saturated heterocycles. The van der Waals surface area contributed by atoms with E-state index in [9.17, 15) is 25.2 Å². The summed E-state index contributed by atoms with van der Waals surface area (Å²) in [6.07, 6.45) is 8.50. The third-order valence-electron chi connectivity index (χ3n) is 1.37. The van der Waals surface area contributed by atoms with Crippen LogP contribution in [0.2, 0.25) is 0 Å². The summed E-state index contributed by atoms with van der Waals surface area (Å²) in [7, 11) is -10.7. The predicted molar refractivity (Wildman–Crippen MR) is 49.5 cm³/mol. The maximum atomic E-state index is 9.87. The van der Waals surface area contributed by atoms with Crippen molar-refractivity contribution in [3.05, 3.63) is 18.7 Å². The van der Waals surface area contributed by atoms with Crippen LogP contribution in [-0.2, 0) is 6.54 Å². The Labute approximate surface area is 88.5 Å². The van der Waals surface area contributed by atoms with E-state index in [0.29, 0.717) is 0 Å². The quantitative estimate of drug-likeness (QED) is 0.474. The molecule has 0 aliphatic rings. The van der Waals surface area contributed by atoms with Gasteiger partial charge in [0.25, 0.3) is 0 Å². The Hall–Kier alpha value is -0.780. The van der Waals surface area contributed by atoms with Gasteiger partial charge in [-0.05, 0) is 6.42 Å². The molecule has 1 heterocycles. The van der Waals surface area contributed by atoms with Crippen LogP contribution in [0.3, 0.4) is 0 Å². The molecule has 1 N–H and O–H groups in total. The first-order valence-electron chi connectivity index (χ1n) is 4.46. The van der Waals surface area contributed by atoms with Gasteiger partial charge in [-0.1, -0.05) is 13.3 Å². The van der Waals surface area contributed by atoms with Gasteiger partial charge in [-0.3, -0.25) is 4.98 Å². The molecule has 1 aromatic rings. The number of aryl methyl sites for hydroxylation is 1. The molecule has 1 aromatic heterocycles. The van der Waals surface area contributed by atoms with Gasteiger partial charge < -0.3 is 0 Å². The number of hydrogen-bond acceptors (Lipinski definition) is 0. The van der Waals surface area contributed by atoms with Crippen LogP contribution in [0.5, 0.6) is 0 Å². The minimum absolute atomic E-state index is 1.14. The summed E-state index contributed by atoms with van der Waals surface area (Å²) >= 11 is 0. The second-order valence-electron chi connectivity index (χ2n) is 3.16. The fourth-order valence-electron chi connectivity index (χ4n) is 0.800. The van der Waals surface area contributed by atoms with Gasteiger partial charge in [0.1, 0.15) is 12.4 Å². The number of hydrogen-bond donors (Lipinski definition) is 1. The van der Waals surface area contributed by atoms with Crippen molar-refractivity contribution >= 4 is 7.81 Å². The normalized spacial score (nSPS) is 15.7. The second-order valence-corrected chi connectivity index (χ2v) is 5.08. The third-order valence-corrected chi connectivity index (χ3v) is 1.37. The Morgan fingerprint density at radius 3 is 1.94 bits per heavy atom. The van der Waals surface area contributed by atoms with Crippen molar-refractivity contribution in [2.45, 2.75) is 26.3 Å². The predicted octanol–water partition coefficient (Wildman–Crippen LogP) is 4.48. The molecule has 9 heteroatoms. The Morgan fingerprint density at radius 1 is 1.12 bits per heavy atom. The van der Waals surface area contributed by atoms with E-state index in [1.165, 1.54) is 12.8 Å². The number of aromatic nitrogens is 2. The van der Waals surface area contributed by atoms with Crippen LogP contribution in [0.15, 0.2) is 18.7 Å². The molecule has 2 nitrogen and oxygen atoms in total. The van der Waals surface area contributed by atoms with Crippen molar-refractivity contribution in [1.82, 2.24) is 4.98 Å². The van der Waals surface area contributed by atoms with Crippen LogP contribution in [0.1, 0.15) is 19.8 Å². The Morgan fingerprint density at radius 2 is 1.62 bits per heavy atom. The van der Waals surface area contributed by atoms with Crippen LogP contribution in [0.25, 0.3) is 0 Å². The van der Waals surface area contributed by atoms with Crippen molar-refractivity contribution in [1.29, 1.82) is 0 Å². The van der Waals surface area contributed by atoms with Crippen LogP contribution in [0, 0.1) is 0 Å². The van der Waals surface area contributed by atoms with E-state index < -0.39 is 7.81 Å². The Balaban J connectivity index is 0.000000293. The maximum absolute atomic E-state index is 10.7. The third kappa shape index (κ3) is 18.9. The van der Waals surface area contributed by atoms with Gasteiger partial charge in [-0.15, -0.1) is 0 Å². The Kier molecular flexibility index (Phi) is 4.03. The van der Waals surface area contributed by atoms with E-state index in [4.69, 9.17) is 0 Å². The number of rotatable bonds is 3. The zero-order valence-electron chi connectivity index (χ0n) is 8.52. The summed E-state index contributed by atoms with van der Waals surface area (Å²) in [5.41, 5.74) is 0. The molecule has 98 valence electrons. The number of halogens is 6. The average molecular weight is 270 g/mol. The van der Waals surface area contributed by atoms with Gasteiger partial charge in [-0.2, -0.15) is 0 Å². The van der Waals surface area contributed by atoms with Crippen molar-refractivity contribution in [3.8, 4) is 0 Å². The standard InChI is InChI=1S/C7H12N2.F6P/c1-2-3-5-9-6-4-8-7-9;1-7(2,3,4,5)6/h4,6-7H,2-3,5H2,1H3;/q;-1/p+1. The summed E-state index contributed by atoms with van der Waals surface area (Å²) in [5.74, 6) is 0. The van der Waals surface area contributed by atoms with Gasteiger partial charge in [0.15, 0.2) is 0 Å². The molecule has 0 bridgehead atoms. The number of nitrogens with one attached hydrogen (secondary N) is 1. The molecule has 0 aliphatic carbocycles. The number of nitrogens with zero attached hydrogens (tertiary/aromatic N) is 1. The molecule has 0 fully saturated rings. The van der Waals surface area contributed by atoms with E-state index >= 15 is 0 Å². The minimum atomic E-state index is -10.7. The molecular weight excluding hydrogens is 257 g/mol. The fraction of sp³-hybridized carbons (Fsp3) is 0.571. The van der Waals surface area contributed by atoms with Crippen molar-refractivity contribution in [3.63, 3.8) is 0 Å².